The van der Waals surface area contributed by atoms with Gasteiger partial charge in [-0.2, -0.15) is 0 Å². The Bertz CT molecular complexity index is 659. The van der Waals surface area contributed by atoms with Crippen LogP contribution in [0.15, 0.2) is 35.1 Å². The molecule has 1 aliphatic heterocycles. The minimum Gasteiger partial charge on any atom is -0.497 e. The lowest BCUT2D eigenvalue weighted by molar-refractivity contribution is 0.394. The van der Waals surface area contributed by atoms with Gasteiger partial charge in [-0.1, -0.05) is 0 Å². The van der Waals surface area contributed by atoms with E-state index in [4.69, 9.17) is 9.47 Å². The zero-order chi connectivity index (χ0) is 16.9. The van der Waals surface area contributed by atoms with E-state index in [0.717, 1.165) is 53.5 Å². The highest BCUT2D eigenvalue weighted by Gasteiger charge is 2.22. The number of nitrogens with one attached hydrogen (secondary N) is 1. The average molecular weight is 393 g/mol. The van der Waals surface area contributed by atoms with Gasteiger partial charge in [-0.05, 0) is 28.8 Å². The van der Waals surface area contributed by atoms with E-state index >= 15 is 0 Å². The Morgan fingerprint density at radius 3 is 2.42 bits per heavy atom. The van der Waals surface area contributed by atoms with Gasteiger partial charge in [-0.25, -0.2) is 9.97 Å². The molecule has 0 radical (unpaired) electrons. The maximum atomic E-state index is 5.33. The first kappa shape index (κ1) is 16.8. The molecule has 2 heterocycles. The molecule has 1 unspecified atom stereocenters. The summed E-state index contributed by atoms with van der Waals surface area (Å²) in [5.74, 6) is 2.33. The van der Waals surface area contributed by atoms with Crippen molar-refractivity contribution in [2.75, 3.05) is 37.5 Å². The predicted molar refractivity (Wildman–Crippen MR) is 98.1 cm³/mol. The highest BCUT2D eigenvalue weighted by molar-refractivity contribution is 9.10. The largest absolute Gasteiger partial charge is 0.497 e. The van der Waals surface area contributed by atoms with Crippen molar-refractivity contribution < 1.29 is 9.47 Å². The van der Waals surface area contributed by atoms with E-state index in [1.165, 1.54) is 0 Å². The summed E-state index contributed by atoms with van der Waals surface area (Å²) in [7, 11) is 3.32. The fraction of sp³-hybridized carbons (Fsp3) is 0.412. The quantitative estimate of drug-likeness (QED) is 0.841. The second-order valence-corrected chi connectivity index (χ2v) is 6.65. The second-order valence-electron chi connectivity index (χ2n) is 5.73. The van der Waals surface area contributed by atoms with Crippen LogP contribution in [0.1, 0.15) is 12.8 Å². The first-order valence-corrected chi connectivity index (χ1v) is 8.69. The van der Waals surface area contributed by atoms with E-state index in [9.17, 15) is 0 Å². The molecule has 1 N–H and O–H groups in total. The van der Waals surface area contributed by atoms with E-state index in [-0.39, 0.29) is 0 Å². The Hall–Kier alpha value is -2.02. The van der Waals surface area contributed by atoms with E-state index < -0.39 is 0 Å². The van der Waals surface area contributed by atoms with Gasteiger partial charge >= 0.3 is 0 Å². The highest BCUT2D eigenvalue weighted by atomic mass is 79.9. The SMILES string of the molecule is COc1cc(NC2CCCN(c3ncc(Br)cn3)C2)cc(OC)c1. The lowest BCUT2D eigenvalue weighted by atomic mass is 10.1. The molecule has 1 saturated heterocycles. The molecule has 1 atom stereocenters. The normalized spacial score (nSPS) is 17.5. The third kappa shape index (κ3) is 4.08. The fourth-order valence-electron chi connectivity index (χ4n) is 2.87. The third-order valence-corrected chi connectivity index (χ3v) is 4.44. The van der Waals surface area contributed by atoms with Crippen LogP contribution >= 0.6 is 15.9 Å². The molecule has 0 saturated carbocycles. The Labute approximate surface area is 150 Å². The molecule has 24 heavy (non-hydrogen) atoms. The van der Waals surface area contributed by atoms with Gasteiger partial charge in [0, 0.05) is 55.4 Å². The maximum absolute atomic E-state index is 5.33. The summed E-state index contributed by atoms with van der Waals surface area (Å²) in [5.41, 5.74) is 0.995. The van der Waals surface area contributed by atoms with Gasteiger partial charge in [0.1, 0.15) is 11.5 Å². The van der Waals surface area contributed by atoms with Crippen LogP contribution in [0.25, 0.3) is 0 Å². The van der Waals surface area contributed by atoms with Crippen molar-refractivity contribution in [3.8, 4) is 11.5 Å². The summed E-state index contributed by atoms with van der Waals surface area (Å²) < 4.78 is 11.6. The number of piperidine rings is 1. The van der Waals surface area contributed by atoms with Gasteiger partial charge in [-0.15, -0.1) is 0 Å². The molecule has 3 rings (SSSR count). The Kier molecular flexibility index (Phi) is 5.40. The van der Waals surface area contributed by atoms with E-state index in [1.807, 2.05) is 18.2 Å². The molecule has 0 spiro atoms. The van der Waals surface area contributed by atoms with Crippen molar-refractivity contribution in [2.45, 2.75) is 18.9 Å². The molecular weight excluding hydrogens is 372 g/mol. The van der Waals surface area contributed by atoms with Gasteiger partial charge in [0.25, 0.3) is 0 Å². The molecule has 6 nitrogen and oxygen atoms in total. The number of nitrogens with zero attached hydrogens (tertiary/aromatic N) is 3. The summed E-state index contributed by atoms with van der Waals surface area (Å²) >= 11 is 3.37. The standard InChI is InChI=1S/C17H21BrN4O2/c1-23-15-6-14(7-16(8-15)24-2)21-13-4-3-5-22(11-13)17-19-9-12(18)10-20-17/h6-10,13,21H,3-5,11H2,1-2H3. The summed E-state index contributed by atoms with van der Waals surface area (Å²) in [6.45, 7) is 1.84. The Morgan fingerprint density at radius 2 is 1.79 bits per heavy atom. The van der Waals surface area contributed by atoms with Gasteiger partial charge in [-0.3, -0.25) is 0 Å². The smallest absolute Gasteiger partial charge is 0.225 e. The predicted octanol–water partition coefficient (Wildman–Crippen LogP) is 3.34. The number of ether oxygens (including phenoxy) is 2. The molecule has 7 heteroatoms. The third-order valence-electron chi connectivity index (χ3n) is 4.03. The molecule has 1 fully saturated rings. The number of methoxy groups -OCH3 is 2. The maximum Gasteiger partial charge on any atom is 0.225 e. The summed E-state index contributed by atoms with van der Waals surface area (Å²) in [6, 6.07) is 6.16. The lowest BCUT2D eigenvalue weighted by Crippen LogP contribution is -2.42. The van der Waals surface area contributed by atoms with Crippen molar-refractivity contribution in [3.63, 3.8) is 0 Å². The summed E-state index contributed by atoms with van der Waals surface area (Å²) in [6.07, 6.45) is 5.77. The number of halogens is 1. The van der Waals surface area contributed by atoms with Crippen LogP contribution in [0, 0.1) is 0 Å². The van der Waals surface area contributed by atoms with E-state index in [0.29, 0.717) is 6.04 Å². The van der Waals surface area contributed by atoms with E-state index in [1.54, 1.807) is 26.6 Å². The number of hydrogen-bond acceptors (Lipinski definition) is 6. The topological polar surface area (TPSA) is 59.5 Å². The van der Waals surface area contributed by atoms with Crippen LogP contribution in [-0.2, 0) is 0 Å². The lowest BCUT2D eigenvalue weighted by Gasteiger charge is -2.33. The van der Waals surface area contributed by atoms with Gasteiger partial charge in [0.15, 0.2) is 0 Å². The minimum absolute atomic E-state index is 0.322. The minimum atomic E-state index is 0.322. The molecule has 1 aliphatic rings. The van der Waals surface area contributed by atoms with Gasteiger partial charge in [0.05, 0.1) is 18.7 Å². The van der Waals surface area contributed by atoms with Crippen molar-refractivity contribution in [3.05, 3.63) is 35.1 Å². The number of rotatable bonds is 5. The molecule has 128 valence electrons. The second kappa shape index (κ2) is 7.70. The number of anilines is 2. The zero-order valence-corrected chi connectivity index (χ0v) is 15.4. The van der Waals surface area contributed by atoms with Crippen molar-refractivity contribution >= 4 is 27.6 Å². The first-order chi connectivity index (χ1) is 11.7. The van der Waals surface area contributed by atoms with Crippen LogP contribution in [0.3, 0.4) is 0 Å². The molecule has 2 aromatic rings. The zero-order valence-electron chi connectivity index (χ0n) is 13.8. The molecule has 0 aliphatic carbocycles. The van der Waals surface area contributed by atoms with E-state index in [2.05, 4.69) is 36.1 Å². The number of benzene rings is 1. The van der Waals surface area contributed by atoms with Crippen LogP contribution in [-0.4, -0.2) is 43.3 Å². The first-order valence-electron chi connectivity index (χ1n) is 7.90. The van der Waals surface area contributed by atoms with Crippen LogP contribution in [0.5, 0.6) is 11.5 Å². The molecule has 0 bridgehead atoms. The summed E-state index contributed by atoms with van der Waals surface area (Å²) in [4.78, 5) is 11.0. The van der Waals surface area contributed by atoms with Gasteiger partial charge < -0.3 is 19.7 Å². The van der Waals surface area contributed by atoms with Crippen LogP contribution < -0.4 is 19.7 Å². The molecule has 1 aromatic carbocycles. The molecule has 0 amide bonds. The van der Waals surface area contributed by atoms with Crippen LogP contribution in [0.4, 0.5) is 11.6 Å². The molecule has 1 aromatic heterocycles. The monoisotopic (exact) mass is 392 g/mol. The molecular formula is C17H21BrN4O2. The number of aromatic nitrogens is 2. The van der Waals surface area contributed by atoms with Crippen LogP contribution in [0.2, 0.25) is 0 Å². The average Bonchev–Trinajstić information content (AvgIpc) is 2.62. The van der Waals surface area contributed by atoms with Crippen molar-refractivity contribution in [2.24, 2.45) is 0 Å². The van der Waals surface area contributed by atoms with Crippen molar-refractivity contribution in [1.29, 1.82) is 0 Å². The highest BCUT2D eigenvalue weighted by Crippen LogP contribution is 2.27. The number of hydrogen-bond donors (Lipinski definition) is 1. The Morgan fingerprint density at radius 1 is 1.12 bits per heavy atom. The summed E-state index contributed by atoms with van der Waals surface area (Å²) in [5, 5.41) is 3.57. The fourth-order valence-corrected chi connectivity index (χ4v) is 3.08. The van der Waals surface area contributed by atoms with Gasteiger partial charge in [0.2, 0.25) is 5.95 Å². The van der Waals surface area contributed by atoms with Crippen molar-refractivity contribution in [1.82, 2.24) is 9.97 Å². The Balaban J connectivity index is 1.70.